The van der Waals surface area contributed by atoms with Crippen LogP contribution in [0.2, 0.25) is 0 Å². The molecule has 0 aliphatic carbocycles. The van der Waals surface area contributed by atoms with Crippen LogP contribution in [0.25, 0.3) is 0 Å². The smallest absolute Gasteiger partial charge is 0.287 e. The summed E-state index contributed by atoms with van der Waals surface area (Å²) >= 11 is 0. The number of nitrogens with zero attached hydrogens (tertiary/aromatic N) is 1. The third-order valence-electron chi connectivity index (χ3n) is 3.86. The highest BCUT2D eigenvalue weighted by atomic mass is 16.3. The van der Waals surface area contributed by atoms with Gasteiger partial charge in [0.15, 0.2) is 5.76 Å². The second-order valence-corrected chi connectivity index (χ2v) is 5.13. The van der Waals surface area contributed by atoms with Crippen LogP contribution in [-0.4, -0.2) is 36.5 Å². The third-order valence-corrected chi connectivity index (χ3v) is 3.86. The Labute approximate surface area is 115 Å². The monoisotopic (exact) mass is 264 g/mol. The van der Waals surface area contributed by atoms with Gasteiger partial charge in [0.2, 0.25) is 0 Å². The Balaban J connectivity index is 1.84. The number of hydrogen-bond acceptors (Lipinski definition) is 3. The maximum atomic E-state index is 12.0. The number of rotatable bonds is 6. The van der Waals surface area contributed by atoms with E-state index in [0.717, 1.165) is 31.7 Å². The Morgan fingerprint density at radius 3 is 2.68 bits per heavy atom. The average molecular weight is 264 g/mol. The van der Waals surface area contributed by atoms with Crippen LogP contribution in [0, 0.1) is 0 Å². The minimum absolute atomic E-state index is 0.0997. The van der Waals surface area contributed by atoms with Gasteiger partial charge in [0.25, 0.3) is 5.91 Å². The first-order chi connectivity index (χ1) is 9.24. The van der Waals surface area contributed by atoms with Gasteiger partial charge in [0.05, 0.1) is 0 Å². The van der Waals surface area contributed by atoms with Gasteiger partial charge in [-0.15, -0.1) is 0 Å². The molecule has 2 rings (SSSR count). The molecular formula is C15H24N2O2. The number of carbonyl (C=O) groups excluding carboxylic acids is 1. The number of nitrogens with one attached hydrogen (secondary N) is 1. The zero-order valence-electron chi connectivity index (χ0n) is 11.9. The summed E-state index contributed by atoms with van der Waals surface area (Å²) in [4.78, 5) is 14.5. The first kappa shape index (κ1) is 14.1. The lowest BCUT2D eigenvalue weighted by molar-refractivity contribution is 0.0907. The number of likely N-dealkylation sites (tertiary alicyclic amines) is 1. The van der Waals surface area contributed by atoms with Gasteiger partial charge in [-0.2, -0.15) is 0 Å². The van der Waals surface area contributed by atoms with Crippen LogP contribution < -0.4 is 5.32 Å². The minimum Gasteiger partial charge on any atom is -0.456 e. The summed E-state index contributed by atoms with van der Waals surface area (Å²) in [5.74, 6) is 1.18. The zero-order valence-corrected chi connectivity index (χ0v) is 11.9. The van der Waals surface area contributed by atoms with Crippen molar-refractivity contribution in [1.29, 1.82) is 0 Å². The molecule has 1 fully saturated rings. The van der Waals surface area contributed by atoms with E-state index in [1.54, 1.807) is 6.07 Å². The van der Waals surface area contributed by atoms with Crippen molar-refractivity contribution >= 4 is 5.91 Å². The molecule has 1 saturated heterocycles. The van der Waals surface area contributed by atoms with Crippen molar-refractivity contribution in [2.24, 2.45) is 0 Å². The van der Waals surface area contributed by atoms with E-state index in [2.05, 4.69) is 17.1 Å². The first-order valence-electron chi connectivity index (χ1n) is 7.35. The van der Waals surface area contributed by atoms with Crippen LogP contribution in [-0.2, 0) is 6.42 Å². The van der Waals surface area contributed by atoms with Gasteiger partial charge in [0, 0.05) is 19.0 Å². The molecule has 1 atom stereocenters. The maximum Gasteiger partial charge on any atom is 0.287 e. The molecule has 4 heteroatoms. The molecule has 0 radical (unpaired) electrons. The Morgan fingerprint density at radius 2 is 2.11 bits per heavy atom. The van der Waals surface area contributed by atoms with Gasteiger partial charge in [0.1, 0.15) is 5.76 Å². The number of amides is 1. The molecule has 0 unspecified atom stereocenters. The summed E-state index contributed by atoms with van der Waals surface area (Å²) < 4.78 is 5.46. The molecule has 106 valence electrons. The molecule has 4 nitrogen and oxygen atoms in total. The molecule has 1 N–H and O–H groups in total. The van der Waals surface area contributed by atoms with E-state index in [0.29, 0.717) is 18.3 Å². The summed E-state index contributed by atoms with van der Waals surface area (Å²) in [5.41, 5.74) is 0. The Morgan fingerprint density at radius 1 is 1.37 bits per heavy atom. The predicted octanol–water partition coefficient (Wildman–Crippen LogP) is 2.45. The molecule has 1 amide bonds. The quantitative estimate of drug-likeness (QED) is 0.858. The van der Waals surface area contributed by atoms with Crippen LogP contribution >= 0.6 is 0 Å². The van der Waals surface area contributed by atoms with Gasteiger partial charge in [-0.3, -0.25) is 9.69 Å². The van der Waals surface area contributed by atoms with E-state index in [4.69, 9.17) is 4.42 Å². The van der Waals surface area contributed by atoms with E-state index < -0.39 is 0 Å². The highest BCUT2D eigenvalue weighted by Crippen LogP contribution is 2.14. The highest BCUT2D eigenvalue weighted by Gasteiger charge is 2.21. The molecule has 2 heterocycles. The highest BCUT2D eigenvalue weighted by molar-refractivity contribution is 5.91. The molecule has 1 aromatic heterocycles. The summed E-state index contributed by atoms with van der Waals surface area (Å²) in [5, 5.41) is 2.99. The van der Waals surface area contributed by atoms with Gasteiger partial charge < -0.3 is 9.73 Å². The van der Waals surface area contributed by atoms with Crippen LogP contribution in [0.3, 0.4) is 0 Å². The first-order valence-corrected chi connectivity index (χ1v) is 7.35. The molecule has 0 bridgehead atoms. The van der Waals surface area contributed by atoms with E-state index in [1.807, 2.05) is 13.0 Å². The summed E-state index contributed by atoms with van der Waals surface area (Å²) in [6.45, 7) is 7.22. The van der Waals surface area contributed by atoms with Crippen LogP contribution in [0.4, 0.5) is 0 Å². The Hall–Kier alpha value is -1.29. The van der Waals surface area contributed by atoms with Crippen molar-refractivity contribution < 1.29 is 9.21 Å². The minimum atomic E-state index is -0.0997. The number of carbonyl (C=O) groups is 1. The van der Waals surface area contributed by atoms with E-state index in [-0.39, 0.29) is 5.91 Å². The predicted molar refractivity (Wildman–Crippen MR) is 75.3 cm³/mol. The summed E-state index contributed by atoms with van der Waals surface area (Å²) in [6.07, 6.45) is 4.45. The van der Waals surface area contributed by atoms with Crippen molar-refractivity contribution in [3.63, 3.8) is 0 Å². The average Bonchev–Trinajstić information content (AvgIpc) is 3.10. The molecule has 1 aliphatic rings. The Kier molecular flexibility index (Phi) is 5.02. The van der Waals surface area contributed by atoms with Crippen molar-refractivity contribution in [3.05, 3.63) is 23.7 Å². The number of aryl methyl sites for hydroxylation is 1. The van der Waals surface area contributed by atoms with Gasteiger partial charge >= 0.3 is 0 Å². The maximum absolute atomic E-state index is 12.0. The molecule has 1 aromatic rings. The Bertz CT molecular complexity index is 408. The molecule has 0 saturated carbocycles. The van der Waals surface area contributed by atoms with Gasteiger partial charge in [-0.25, -0.2) is 0 Å². The lowest BCUT2D eigenvalue weighted by atomic mass is 10.2. The largest absolute Gasteiger partial charge is 0.456 e. The lowest BCUT2D eigenvalue weighted by Gasteiger charge is -2.26. The molecule has 0 aromatic carbocycles. The van der Waals surface area contributed by atoms with Crippen molar-refractivity contribution in [2.45, 2.75) is 45.6 Å². The topological polar surface area (TPSA) is 45.5 Å². The molecule has 1 aliphatic heterocycles. The fourth-order valence-electron chi connectivity index (χ4n) is 2.63. The second kappa shape index (κ2) is 6.75. The number of furan rings is 1. The third kappa shape index (κ3) is 3.60. The van der Waals surface area contributed by atoms with Crippen LogP contribution in [0.5, 0.6) is 0 Å². The lowest BCUT2D eigenvalue weighted by Crippen LogP contribution is -2.42. The molecule has 19 heavy (non-hydrogen) atoms. The standard InChI is InChI=1S/C15H24N2O2/c1-3-12(17-9-5-6-10-17)11-16-15(18)14-8-7-13(4-2)19-14/h7-8,12H,3-6,9-11H2,1-2H3,(H,16,18)/t12-/m0/s1. The number of hydrogen-bond donors (Lipinski definition) is 1. The fourth-order valence-corrected chi connectivity index (χ4v) is 2.63. The van der Waals surface area contributed by atoms with E-state index in [1.165, 1.54) is 12.8 Å². The van der Waals surface area contributed by atoms with E-state index >= 15 is 0 Å². The molecule has 0 spiro atoms. The second-order valence-electron chi connectivity index (χ2n) is 5.13. The summed E-state index contributed by atoms with van der Waals surface area (Å²) in [6, 6.07) is 4.07. The van der Waals surface area contributed by atoms with Crippen molar-refractivity contribution in [2.75, 3.05) is 19.6 Å². The normalized spacial score (nSPS) is 17.6. The fraction of sp³-hybridized carbons (Fsp3) is 0.667. The van der Waals surface area contributed by atoms with Crippen molar-refractivity contribution in [3.8, 4) is 0 Å². The van der Waals surface area contributed by atoms with Crippen LogP contribution in [0.1, 0.15) is 49.4 Å². The summed E-state index contributed by atoms with van der Waals surface area (Å²) in [7, 11) is 0. The SMILES string of the molecule is CCc1ccc(C(=O)NC[C@H](CC)N2CCCC2)o1. The van der Waals surface area contributed by atoms with Gasteiger partial charge in [-0.05, 0) is 44.5 Å². The van der Waals surface area contributed by atoms with Crippen LogP contribution in [0.15, 0.2) is 16.5 Å². The zero-order chi connectivity index (χ0) is 13.7. The van der Waals surface area contributed by atoms with Gasteiger partial charge in [-0.1, -0.05) is 13.8 Å². The van der Waals surface area contributed by atoms with E-state index in [9.17, 15) is 4.79 Å². The molecular weight excluding hydrogens is 240 g/mol. The van der Waals surface area contributed by atoms with Crippen molar-refractivity contribution in [1.82, 2.24) is 10.2 Å².